The van der Waals surface area contributed by atoms with E-state index in [1.165, 1.54) is 19.4 Å². The molecule has 108 valence electrons. The first-order valence-corrected chi connectivity index (χ1v) is 7.85. The lowest BCUT2D eigenvalue weighted by molar-refractivity contribution is 0.0697. The fourth-order valence-electron chi connectivity index (χ4n) is 1.52. The van der Waals surface area contributed by atoms with Gasteiger partial charge in [-0.2, -0.15) is 12.8 Å². The van der Waals surface area contributed by atoms with Crippen LogP contribution in [0.25, 0.3) is 0 Å². The maximum Gasteiger partial charge on any atom is 0.340 e. The number of aromatic carboxylic acids is 1. The molecule has 0 saturated heterocycles. The van der Waals surface area contributed by atoms with Gasteiger partial charge in [-0.3, -0.25) is 4.72 Å². The summed E-state index contributed by atoms with van der Waals surface area (Å²) in [7, 11) is -3.92. The molecule has 2 N–H and O–H groups in total. The number of hydrogen-bond acceptors (Lipinski definition) is 6. The Bertz CT molecular complexity index is 747. The van der Waals surface area contributed by atoms with Crippen LogP contribution in [0.15, 0.2) is 17.6 Å². The normalized spacial score (nSPS) is 11.5. The Labute approximate surface area is 119 Å². The fraction of sp³-hybridized carbons (Fsp3) is 0.300. The second kappa shape index (κ2) is 5.21. The molecule has 2 aromatic rings. The summed E-state index contributed by atoms with van der Waals surface area (Å²) in [5.74, 6) is -1.23. The van der Waals surface area contributed by atoms with E-state index in [1.54, 1.807) is 4.57 Å². The number of nitrogens with zero attached hydrogens (tertiary/aromatic N) is 3. The van der Waals surface area contributed by atoms with E-state index in [4.69, 9.17) is 5.11 Å². The molecule has 2 heterocycles. The molecule has 8 nitrogen and oxygen atoms in total. The van der Waals surface area contributed by atoms with Crippen molar-refractivity contribution in [3.63, 3.8) is 0 Å². The molecule has 0 atom stereocenters. The van der Waals surface area contributed by atoms with Crippen molar-refractivity contribution < 1.29 is 18.3 Å². The second-order valence-corrected chi connectivity index (χ2v) is 6.33. The van der Waals surface area contributed by atoms with Crippen molar-refractivity contribution in [2.45, 2.75) is 25.4 Å². The third-order valence-electron chi connectivity index (χ3n) is 2.55. The Morgan fingerprint density at radius 2 is 2.25 bits per heavy atom. The van der Waals surface area contributed by atoms with Crippen molar-refractivity contribution >= 4 is 32.5 Å². The summed E-state index contributed by atoms with van der Waals surface area (Å²) in [5, 5.41) is 8.87. The number of imidazole rings is 1. The zero-order valence-electron chi connectivity index (χ0n) is 10.7. The first-order chi connectivity index (χ1) is 9.35. The minimum absolute atomic E-state index is 0.0268. The van der Waals surface area contributed by atoms with Crippen molar-refractivity contribution in [3.05, 3.63) is 23.8 Å². The molecule has 0 aliphatic rings. The van der Waals surface area contributed by atoms with Crippen LogP contribution in [0.3, 0.4) is 0 Å². The summed E-state index contributed by atoms with van der Waals surface area (Å²) < 4.78 is 31.9. The molecule has 20 heavy (non-hydrogen) atoms. The first-order valence-electron chi connectivity index (χ1n) is 5.59. The number of anilines is 1. The summed E-state index contributed by atoms with van der Waals surface area (Å²) in [5.41, 5.74) is 0.118. The summed E-state index contributed by atoms with van der Waals surface area (Å²) in [6.45, 7) is 3.94. The van der Waals surface area contributed by atoms with Gasteiger partial charge in [-0.05, 0) is 25.4 Å². The minimum Gasteiger partial charge on any atom is -0.478 e. The van der Waals surface area contributed by atoms with Gasteiger partial charge in [0.1, 0.15) is 10.6 Å². The van der Waals surface area contributed by atoms with E-state index in [2.05, 4.69) is 14.1 Å². The lowest BCUT2D eigenvalue weighted by Crippen LogP contribution is -2.14. The lowest BCUT2D eigenvalue weighted by Gasteiger charge is -2.03. The predicted octanol–water partition coefficient (Wildman–Crippen LogP) is 1.17. The Balaban J connectivity index is 2.36. The van der Waals surface area contributed by atoms with E-state index in [0.717, 1.165) is 11.5 Å². The number of hydrogen-bond donors (Lipinski definition) is 2. The Morgan fingerprint density at radius 1 is 1.55 bits per heavy atom. The quantitative estimate of drug-likeness (QED) is 0.855. The van der Waals surface area contributed by atoms with Crippen LogP contribution in [-0.4, -0.2) is 33.4 Å². The van der Waals surface area contributed by atoms with Gasteiger partial charge in [-0.15, -0.1) is 0 Å². The highest BCUT2D eigenvalue weighted by atomic mass is 32.2. The number of carboxylic acids is 1. The lowest BCUT2D eigenvalue weighted by atomic mass is 10.2. The molecule has 0 unspecified atom stereocenters. The van der Waals surface area contributed by atoms with Crippen molar-refractivity contribution in [2.75, 3.05) is 4.72 Å². The van der Waals surface area contributed by atoms with E-state index in [-0.39, 0.29) is 21.3 Å². The fourth-order valence-corrected chi connectivity index (χ4v) is 3.55. The van der Waals surface area contributed by atoms with Crippen LogP contribution in [0.1, 0.15) is 23.0 Å². The van der Waals surface area contributed by atoms with Crippen molar-refractivity contribution in [1.82, 2.24) is 13.9 Å². The van der Waals surface area contributed by atoms with Crippen LogP contribution < -0.4 is 4.72 Å². The van der Waals surface area contributed by atoms with Gasteiger partial charge in [0.15, 0.2) is 5.03 Å². The van der Waals surface area contributed by atoms with Gasteiger partial charge in [0, 0.05) is 12.7 Å². The van der Waals surface area contributed by atoms with E-state index in [0.29, 0.717) is 6.54 Å². The number of rotatable bonds is 5. The summed E-state index contributed by atoms with van der Waals surface area (Å²) in [6, 6.07) is 0. The minimum atomic E-state index is -3.92. The standard InChI is InChI=1S/C10H12N4O4S2/c1-3-14-4-7(11-5-14)20(17,18)13-9-8(10(15)16)6(2)12-19-9/h4-5,13H,3H2,1-2H3,(H,15,16). The van der Waals surface area contributed by atoms with Crippen LogP contribution >= 0.6 is 11.5 Å². The molecule has 2 rings (SSSR count). The molecule has 0 saturated carbocycles. The summed E-state index contributed by atoms with van der Waals surface area (Å²) in [4.78, 5) is 14.9. The summed E-state index contributed by atoms with van der Waals surface area (Å²) in [6.07, 6.45) is 2.77. The number of aromatic nitrogens is 3. The smallest absolute Gasteiger partial charge is 0.340 e. The molecule has 0 radical (unpaired) electrons. The Kier molecular flexibility index (Phi) is 3.77. The first kappa shape index (κ1) is 14.5. The number of carboxylic acid groups (broad SMARTS) is 1. The molecule has 0 aliphatic carbocycles. The van der Waals surface area contributed by atoms with Crippen LogP contribution in [0.2, 0.25) is 0 Å². The van der Waals surface area contributed by atoms with Crippen LogP contribution in [0, 0.1) is 6.92 Å². The van der Waals surface area contributed by atoms with E-state index in [9.17, 15) is 13.2 Å². The SMILES string of the molecule is CCn1cnc(S(=O)(=O)Nc2snc(C)c2C(=O)O)c1. The molecule has 0 bridgehead atoms. The van der Waals surface area contributed by atoms with Crippen LogP contribution in [-0.2, 0) is 16.6 Å². The van der Waals surface area contributed by atoms with Gasteiger partial charge < -0.3 is 9.67 Å². The number of aryl methyl sites for hydroxylation is 2. The molecule has 0 aliphatic heterocycles. The largest absolute Gasteiger partial charge is 0.478 e. The number of nitrogens with one attached hydrogen (secondary N) is 1. The highest BCUT2D eigenvalue weighted by molar-refractivity contribution is 7.92. The summed E-state index contributed by atoms with van der Waals surface area (Å²) >= 11 is 0.783. The molecular formula is C10H12N4O4S2. The van der Waals surface area contributed by atoms with E-state index < -0.39 is 16.0 Å². The van der Waals surface area contributed by atoms with Gasteiger partial charge in [-0.25, -0.2) is 9.78 Å². The highest BCUT2D eigenvalue weighted by Gasteiger charge is 2.24. The molecule has 0 fully saturated rings. The van der Waals surface area contributed by atoms with Crippen molar-refractivity contribution in [1.29, 1.82) is 0 Å². The Hall–Kier alpha value is -1.94. The third kappa shape index (κ3) is 2.65. The zero-order valence-corrected chi connectivity index (χ0v) is 12.3. The van der Waals surface area contributed by atoms with Gasteiger partial charge in [-0.1, -0.05) is 0 Å². The molecule has 0 amide bonds. The molecule has 0 aromatic carbocycles. The topological polar surface area (TPSA) is 114 Å². The molecule has 10 heteroatoms. The van der Waals surface area contributed by atoms with Crippen molar-refractivity contribution in [3.8, 4) is 0 Å². The molecular weight excluding hydrogens is 304 g/mol. The average Bonchev–Trinajstić information content (AvgIpc) is 2.96. The Morgan fingerprint density at radius 3 is 2.80 bits per heavy atom. The van der Waals surface area contributed by atoms with Crippen LogP contribution in [0.5, 0.6) is 0 Å². The third-order valence-corrected chi connectivity index (χ3v) is 4.77. The second-order valence-electron chi connectivity index (χ2n) is 3.93. The molecule has 2 aromatic heterocycles. The van der Waals surface area contributed by atoms with Gasteiger partial charge in [0.25, 0.3) is 10.0 Å². The van der Waals surface area contributed by atoms with Gasteiger partial charge in [0.05, 0.1) is 12.0 Å². The van der Waals surface area contributed by atoms with E-state index in [1.807, 2.05) is 6.92 Å². The number of carbonyl (C=O) groups is 1. The van der Waals surface area contributed by atoms with E-state index >= 15 is 0 Å². The number of sulfonamides is 1. The van der Waals surface area contributed by atoms with Gasteiger partial charge >= 0.3 is 5.97 Å². The highest BCUT2D eigenvalue weighted by Crippen LogP contribution is 2.26. The zero-order chi connectivity index (χ0) is 14.9. The maximum absolute atomic E-state index is 12.1. The van der Waals surface area contributed by atoms with Crippen molar-refractivity contribution in [2.24, 2.45) is 0 Å². The average molecular weight is 316 g/mol. The maximum atomic E-state index is 12.1. The molecule has 0 spiro atoms. The van der Waals surface area contributed by atoms with Crippen LogP contribution in [0.4, 0.5) is 5.00 Å². The monoisotopic (exact) mass is 316 g/mol. The van der Waals surface area contributed by atoms with Gasteiger partial charge in [0.2, 0.25) is 0 Å². The predicted molar refractivity (Wildman–Crippen MR) is 72.5 cm³/mol.